The third kappa shape index (κ3) is 2.42. The fraction of sp³-hybridized carbons (Fsp3) is 0.375. The Labute approximate surface area is 151 Å². The lowest BCUT2D eigenvalue weighted by Crippen LogP contribution is -2.28. The van der Waals surface area contributed by atoms with Gasteiger partial charge in [-0.1, -0.05) is 0 Å². The highest BCUT2D eigenvalue weighted by Gasteiger charge is 2.29. The number of H-pyrrole nitrogens is 1. The molecule has 1 aliphatic heterocycles. The summed E-state index contributed by atoms with van der Waals surface area (Å²) in [6, 6.07) is 0.825. The highest BCUT2D eigenvalue weighted by atomic mass is 35.5. The third-order valence-corrected chi connectivity index (χ3v) is 4.69. The number of aromatic amines is 1. The van der Waals surface area contributed by atoms with Crippen molar-refractivity contribution in [1.29, 1.82) is 0 Å². The topological polar surface area (TPSA) is 97.3 Å². The van der Waals surface area contributed by atoms with Crippen LogP contribution < -0.4 is 21.6 Å². The first-order valence-electron chi connectivity index (χ1n) is 8.00. The van der Waals surface area contributed by atoms with Gasteiger partial charge in [-0.15, -0.1) is 12.4 Å². The molecule has 7 nitrogen and oxygen atoms in total. The Balaban J connectivity index is 0.00000196. The van der Waals surface area contributed by atoms with E-state index in [4.69, 9.17) is 10.3 Å². The number of hydrogen-bond donors (Lipinski definition) is 2. The van der Waals surface area contributed by atoms with Gasteiger partial charge in [-0.25, -0.2) is 8.78 Å². The first kappa shape index (κ1) is 18.4. The quantitative estimate of drug-likeness (QED) is 0.698. The van der Waals surface area contributed by atoms with E-state index in [0.29, 0.717) is 19.5 Å². The van der Waals surface area contributed by atoms with Crippen LogP contribution in [0.5, 0.6) is 0 Å². The summed E-state index contributed by atoms with van der Waals surface area (Å²) >= 11 is 0. The zero-order valence-corrected chi connectivity index (χ0v) is 14.7. The van der Waals surface area contributed by atoms with Gasteiger partial charge in [0.15, 0.2) is 11.2 Å². The van der Waals surface area contributed by atoms with Gasteiger partial charge in [-0.2, -0.15) is 5.16 Å². The number of benzene rings is 1. The van der Waals surface area contributed by atoms with Crippen LogP contribution in [-0.2, 0) is 6.54 Å². The van der Waals surface area contributed by atoms with E-state index in [1.165, 1.54) is 9.47 Å². The van der Waals surface area contributed by atoms with Gasteiger partial charge >= 0.3 is 0 Å². The minimum Gasteiger partial charge on any atom is -0.365 e. The Bertz CT molecular complexity index is 1120. The van der Waals surface area contributed by atoms with Crippen molar-refractivity contribution in [2.75, 3.05) is 18.0 Å². The predicted octanol–water partition coefficient (Wildman–Crippen LogP) is 1.69. The van der Waals surface area contributed by atoms with Crippen LogP contribution in [0.2, 0.25) is 0 Å². The maximum Gasteiger partial charge on any atom is 0.293 e. The summed E-state index contributed by atoms with van der Waals surface area (Å²) in [5.41, 5.74) is 4.01. The van der Waals surface area contributed by atoms with E-state index < -0.39 is 22.6 Å². The Hall–Kier alpha value is -2.39. The normalized spacial score (nSPS) is 17.2. The molecule has 2 aromatic heterocycles. The summed E-state index contributed by atoms with van der Waals surface area (Å²) in [5, 5.41) is 1.64. The molecule has 1 saturated heterocycles. The molecular weight excluding hydrogens is 370 g/mol. The fourth-order valence-electron chi connectivity index (χ4n) is 3.54. The van der Waals surface area contributed by atoms with Crippen molar-refractivity contribution in [3.63, 3.8) is 0 Å². The number of hydrogen-bond acceptors (Lipinski definition) is 5. The number of nitrogens with one attached hydrogen (secondary N) is 1. The van der Waals surface area contributed by atoms with Crippen LogP contribution in [0.25, 0.3) is 22.0 Å². The molecule has 0 saturated carbocycles. The second kappa shape index (κ2) is 6.40. The maximum absolute atomic E-state index is 15.3. The number of aryl methyl sites for hydroxylation is 1. The lowest BCUT2D eigenvalue weighted by atomic mass is 10.1. The summed E-state index contributed by atoms with van der Waals surface area (Å²) in [7, 11) is 0. The van der Waals surface area contributed by atoms with Crippen molar-refractivity contribution >= 4 is 40.1 Å². The van der Waals surface area contributed by atoms with E-state index in [-0.39, 0.29) is 52.7 Å². The summed E-state index contributed by atoms with van der Waals surface area (Å²) in [6.07, 6.45) is 0.628. The lowest BCUT2D eigenvalue weighted by molar-refractivity contribution is 0.429. The number of rotatable bonds is 2. The molecule has 140 valence electrons. The monoisotopic (exact) mass is 386 g/mol. The molecule has 0 amide bonds. The van der Waals surface area contributed by atoms with E-state index in [2.05, 4.69) is 5.16 Å². The SMILES string of the molecule is CCn1c2o[nH]c(=O)c2c(=O)c2cc(F)c(N3CCC(N)C3)c(F)c21.Cl. The largest absolute Gasteiger partial charge is 0.365 e. The van der Waals surface area contributed by atoms with Gasteiger partial charge < -0.3 is 19.7 Å². The molecule has 0 aliphatic carbocycles. The second-order valence-electron chi connectivity index (χ2n) is 6.20. The predicted molar refractivity (Wildman–Crippen MR) is 96.2 cm³/mol. The van der Waals surface area contributed by atoms with Crippen LogP contribution in [-0.4, -0.2) is 28.9 Å². The highest BCUT2D eigenvalue weighted by molar-refractivity contribution is 5.93. The van der Waals surface area contributed by atoms with E-state index in [0.717, 1.165) is 6.07 Å². The minimum atomic E-state index is -0.853. The van der Waals surface area contributed by atoms with Gasteiger partial charge in [-0.05, 0) is 19.4 Å². The van der Waals surface area contributed by atoms with Crippen LogP contribution in [0.15, 0.2) is 20.2 Å². The molecule has 1 unspecified atom stereocenters. The number of halogens is 3. The lowest BCUT2D eigenvalue weighted by Gasteiger charge is -2.21. The average Bonchev–Trinajstić information content (AvgIpc) is 3.15. The Morgan fingerprint density at radius 2 is 2.12 bits per heavy atom. The number of aromatic nitrogens is 2. The molecule has 26 heavy (non-hydrogen) atoms. The number of pyridine rings is 1. The van der Waals surface area contributed by atoms with Crippen LogP contribution >= 0.6 is 12.4 Å². The van der Waals surface area contributed by atoms with Crippen molar-refractivity contribution in [3.8, 4) is 0 Å². The summed E-state index contributed by atoms with van der Waals surface area (Å²) in [5.74, 6) is -1.70. The first-order valence-corrected chi connectivity index (χ1v) is 8.00. The minimum absolute atomic E-state index is 0. The van der Waals surface area contributed by atoms with E-state index in [1.54, 1.807) is 6.92 Å². The van der Waals surface area contributed by atoms with Crippen molar-refractivity contribution in [2.45, 2.75) is 25.9 Å². The smallest absolute Gasteiger partial charge is 0.293 e. The molecule has 1 aromatic carbocycles. The molecule has 0 bridgehead atoms. The number of nitrogens with zero attached hydrogens (tertiary/aromatic N) is 2. The molecule has 4 rings (SSSR count). The van der Waals surface area contributed by atoms with Crippen molar-refractivity contribution in [2.24, 2.45) is 5.73 Å². The molecule has 10 heteroatoms. The van der Waals surface area contributed by atoms with Gasteiger partial charge in [-0.3, -0.25) is 9.59 Å². The Morgan fingerprint density at radius 1 is 1.38 bits per heavy atom. The van der Waals surface area contributed by atoms with Gasteiger partial charge in [0.25, 0.3) is 5.56 Å². The van der Waals surface area contributed by atoms with Crippen molar-refractivity contribution in [3.05, 3.63) is 38.3 Å². The van der Waals surface area contributed by atoms with Crippen LogP contribution in [0, 0.1) is 11.6 Å². The van der Waals surface area contributed by atoms with Crippen LogP contribution in [0.1, 0.15) is 13.3 Å². The molecule has 3 heterocycles. The van der Waals surface area contributed by atoms with E-state index >= 15 is 4.39 Å². The van der Waals surface area contributed by atoms with Gasteiger partial charge in [0.05, 0.1) is 10.9 Å². The summed E-state index contributed by atoms with van der Waals surface area (Å²) in [4.78, 5) is 25.9. The van der Waals surface area contributed by atoms with Gasteiger partial charge in [0, 0.05) is 25.7 Å². The first-order chi connectivity index (χ1) is 11.9. The highest BCUT2D eigenvalue weighted by Crippen LogP contribution is 2.32. The zero-order valence-electron chi connectivity index (χ0n) is 13.8. The molecule has 1 fully saturated rings. The molecule has 3 aromatic rings. The molecule has 3 N–H and O–H groups in total. The Morgan fingerprint density at radius 3 is 2.73 bits per heavy atom. The molecule has 0 spiro atoms. The van der Waals surface area contributed by atoms with Gasteiger partial charge in [0.2, 0.25) is 11.1 Å². The van der Waals surface area contributed by atoms with Crippen molar-refractivity contribution in [1.82, 2.24) is 9.72 Å². The van der Waals surface area contributed by atoms with Gasteiger partial charge in [0.1, 0.15) is 11.5 Å². The molecule has 1 atom stereocenters. The standard InChI is InChI=1S/C16H16F2N4O3.ClH/c1-2-22-12-8(14(23)10-15(24)20-25-16(10)22)5-9(17)13(11(12)18)21-4-3-7(19)6-21;/h5,7H,2-4,6,19H2,1H3,(H,20,24);1H. The maximum atomic E-state index is 15.3. The Kier molecular flexibility index (Phi) is 4.53. The molecular formula is C16H17ClF2N4O3. The summed E-state index contributed by atoms with van der Waals surface area (Å²) in [6.45, 7) is 2.70. The van der Waals surface area contributed by atoms with E-state index in [1.807, 2.05) is 0 Å². The molecule has 0 radical (unpaired) electrons. The van der Waals surface area contributed by atoms with Crippen LogP contribution in [0.3, 0.4) is 0 Å². The summed E-state index contributed by atoms with van der Waals surface area (Å²) < 4.78 is 36.3. The fourth-order valence-corrected chi connectivity index (χ4v) is 3.54. The second-order valence-corrected chi connectivity index (χ2v) is 6.20. The number of anilines is 1. The number of nitrogens with two attached hydrogens (primary N) is 1. The van der Waals surface area contributed by atoms with E-state index in [9.17, 15) is 14.0 Å². The van der Waals surface area contributed by atoms with Crippen molar-refractivity contribution < 1.29 is 13.3 Å². The third-order valence-electron chi connectivity index (χ3n) is 4.69. The zero-order chi connectivity index (χ0) is 17.9. The molecule has 1 aliphatic rings. The number of fused-ring (bicyclic) bond motifs is 2. The average molecular weight is 387 g/mol. The van der Waals surface area contributed by atoms with Crippen LogP contribution in [0.4, 0.5) is 14.5 Å².